The third kappa shape index (κ3) is 5.03. The van der Waals surface area contributed by atoms with Crippen LogP contribution in [0.1, 0.15) is 67.6 Å². The van der Waals surface area contributed by atoms with E-state index in [0.29, 0.717) is 5.92 Å². The van der Waals surface area contributed by atoms with Crippen LogP contribution in [-0.4, -0.2) is 24.2 Å². The van der Waals surface area contributed by atoms with E-state index in [1.54, 1.807) is 12.1 Å². The van der Waals surface area contributed by atoms with Crippen molar-refractivity contribution >= 4 is 11.7 Å². The number of halogens is 1. The number of piperidine rings is 1. The topological polar surface area (TPSA) is 40.5 Å². The molecule has 0 amide bonds. The Kier molecular flexibility index (Phi) is 6.30. The van der Waals surface area contributed by atoms with Gasteiger partial charge in [-0.1, -0.05) is 54.6 Å². The fourth-order valence-electron chi connectivity index (χ4n) is 6.70. The van der Waals surface area contributed by atoms with Gasteiger partial charge in [0.15, 0.2) is 0 Å². The van der Waals surface area contributed by atoms with E-state index < -0.39 is 11.4 Å². The monoisotopic (exact) mass is 497 g/mol. The number of anilines is 1. The molecular formula is C33H36FNO2. The molecule has 3 fully saturated rings. The molecule has 0 aromatic heterocycles. The van der Waals surface area contributed by atoms with Crippen molar-refractivity contribution in [2.45, 2.75) is 62.7 Å². The summed E-state index contributed by atoms with van der Waals surface area (Å²) in [6.07, 6.45) is 8.49. The fourth-order valence-corrected chi connectivity index (χ4v) is 6.70. The Morgan fingerprint density at radius 1 is 0.892 bits per heavy atom. The molecular weight excluding hydrogens is 461 g/mol. The molecule has 1 saturated heterocycles. The summed E-state index contributed by atoms with van der Waals surface area (Å²) in [5.41, 5.74) is 4.42. The smallest absolute Gasteiger partial charge is 0.314 e. The summed E-state index contributed by atoms with van der Waals surface area (Å²) in [6.45, 7) is 1.99. The summed E-state index contributed by atoms with van der Waals surface area (Å²) in [4.78, 5) is 14.1. The van der Waals surface area contributed by atoms with E-state index in [4.69, 9.17) is 0 Å². The highest BCUT2D eigenvalue weighted by Crippen LogP contribution is 2.53. The van der Waals surface area contributed by atoms with Crippen molar-refractivity contribution in [2.24, 2.45) is 11.3 Å². The van der Waals surface area contributed by atoms with Crippen LogP contribution in [0.5, 0.6) is 0 Å². The SMILES string of the molecule is O=C(O)C1(c2ccc(N3CCC(CC[C@@H]4CC4c4ccccc4)(Cc4ccc(F)cc4)CC3)cc2)CC1. The van der Waals surface area contributed by atoms with Crippen LogP contribution in [0.25, 0.3) is 0 Å². The molecule has 6 rings (SSSR count). The molecule has 2 aliphatic carbocycles. The van der Waals surface area contributed by atoms with E-state index in [0.717, 1.165) is 56.7 Å². The second kappa shape index (κ2) is 9.63. The summed E-state index contributed by atoms with van der Waals surface area (Å²) in [7, 11) is 0. The average Bonchev–Trinajstić information content (AvgIpc) is 3.85. The summed E-state index contributed by atoms with van der Waals surface area (Å²) in [6, 6.07) is 26.3. The van der Waals surface area contributed by atoms with Gasteiger partial charge in [-0.25, -0.2) is 4.39 Å². The van der Waals surface area contributed by atoms with Crippen LogP contribution >= 0.6 is 0 Å². The second-order valence-electron chi connectivity index (χ2n) is 11.8. The molecule has 0 radical (unpaired) electrons. The zero-order valence-corrected chi connectivity index (χ0v) is 21.4. The van der Waals surface area contributed by atoms with Crippen molar-refractivity contribution < 1.29 is 14.3 Å². The predicted molar refractivity (Wildman–Crippen MR) is 145 cm³/mol. The molecule has 1 heterocycles. The summed E-state index contributed by atoms with van der Waals surface area (Å²) in [5.74, 6) is 0.620. The molecule has 3 aromatic carbocycles. The van der Waals surface area contributed by atoms with E-state index in [1.165, 1.54) is 36.1 Å². The standard InChI is InChI=1S/C33H36FNO2/c34-28-10-6-24(7-11-28)23-32(15-14-26-22-30(26)25-4-2-1-3-5-25)18-20-35(21-19-32)29-12-8-27(9-13-29)33(16-17-33)31(36)37/h1-13,26,30H,14-23H2,(H,36,37)/t26-,30?/m1/s1. The van der Waals surface area contributed by atoms with Gasteiger partial charge < -0.3 is 10.0 Å². The lowest BCUT2D eigenvalue weighted by Gasteiger charge is -2.43. The number of carbonyl (C=O) groups is 1. The van der Waals surface area contributed by atoms with E-state index in [2.05, 4.69) is 47.4 Å². The van der Waals surface area contributed by atoms with E-state index in [9.17, 15) is 14.3 Å². The maximum atomic E-state index is 13.6. The van der Waals surface area contributed by atoms with Gasteiger partial charge >= 0.3 is 5.97 Å². The van der Waals surface area contributed by atoms with Crippen LogP contribution in [0.3, 0.4) is 0 Å². The largest absolute Gasteiger partial charge is 0.481 e. The lowest BCUT2D eigenvalue weighted by atomic mass is 9.70. The van der Waals surface area contributed by atoms with Gasteiger partial charge in [0.2, 0.25) is 0 Å². The van der Waals surface area contributed by atoms with Crippen molar-refractivity contribution in [3.8, 4) is 0 Å². The van der Waals surface area contributed by atoms with Gasteiger partial charge in [-0.15, -0.1) is 0 Å². The van der Waals surface area contributed by atoms with Gasteiger partial charge in [0.1, 0.15) is 5.82 Å². The van der Waals surface area contributed by atoms with E-state index in [-0.39, 0.29) is 11.2 Å². The minimum absolute atomic E-state index is 0.171. The first kappa shape index (κ1) is 24.2. The quantitative estimate of drug-likeness (QED) is 0.336. The lowest BCUT2D eigenvalue weighted by molar-refractivity contribution is -0.140. The molecule has 3 aromatic rings. The molecule has 0 spiro atoms. The predicted octanol–water partition coefficient (Wildman–Crippen LogP) is 7.36. The van der Waals surface area contributed by atoms with Gasteiger partial charge in [-0.2, -0.15) is 0 Å². The Morgan fingerprint density at radius 3 is 2.19 bits per heavy atom. The minimum atomic E-state index is -0.700. The lowest BCUT2D eigenvalue weighted by Crippen LogP contribution is -2.41. The molecule has 1 N–H and O–H groups in total. The molecule has 3 aliphatic rings. The van der Waals surface area contributed by atoms with Gasteiger partial charge in [0, 0.05) is 18.8 Å². The molecule has 2 saturated carbocycles. The molecule has 192 valence electrons. The molecule has 1 aliphatic heterocycles. The van der Waals surface area contributed by atoms with Gasteiger partial charge in [-0.3, -0.25) is 4.79 Å². The highest BCUT2D eigenvalue weighted by atomic mass is 19.1. The van der Waals surface area contributed by atoms with Crippen molar-refractivity contribution in [3.63, 3.8) is 0 Å². The molecule has 2 atom stereocenters. The number of nitrogens with zero attached hydrogens (tertiary/aromatic N) is 1. The van der Waals surface area contributed by atoms with E-state index >= 15 is 0 Å². The van der Waals surface area contributed by atoms with Crippen molar-refractivity contribution in [1.29, 1.82) is 0 Å². The van der Waals surface area contributed by atoms with Crippen LogP contribution in [0, 0.1) is 17.2 Å². The Hall–Kier alpha value is -3.14. The average molecular weight is 498 g/mol. The zero-order chi connectivity index (χ0) is 25.5. The minimum Gasteiger partial charge on any atom is -0.481 e. The highest BCUT2D eigenvalue weighted by molar-refractivity contribution is 5.85. The van der Waals surface area contributed by atoms with Gasteiger partial charge in [0.25, 0.3) is 0 Å². The zero-order valence-electron chi connectivity index (χ0n) is 21.4. The Morgan fingerprint density at radius 2 is 1.57 bits per heavy atom. The molecule has 3 nitrogen and oxygen atoms in total. The maximum Gasteiger partial charge on any atom is 0.314 e. The number of carboxylic acids is 1. The number of benzene rings is 3. The van der Waals surface area contributed by atoms with Crippen LogP contribution in [0.15, 0.2) is 78.9 Å². The maximum absolute atomic E-state index is 13.6. The number of carboxylic acid groups (broad SMARTS) is 1. The Labute approximate surface area is 219 Å². The summed E-state index contributed by atoms with van der Waals surface area (Å²) in [5, 5.41) is 9.61. The second-order valence-corrected chi connectivity index (χ2v) is 11.8. The van der Waals surface area contributed by atoms with Crippen LogP contribution in [-0.2, 0) is 16.6 Å². The summed E-state index contributed by atoms with van der Waals surface area (Å²) < 4.78 is 13.6. The molecule has 37 heavy (non-hydrogen) atoms. The summed E-state index contributed by atoms with van der Waals surface area (Å²) >= 11 is 0. The van der Waals surface area contributed by atoms with Crippen molar-refractivity contribution in [3.05, 3.63) is 101 Å². The Bertz CT molecular complexity index is 1230. The number of aliphatic carboxylic acids is 1. The molecule has 4 heteroatoms. The first-order valence-corrected chi connectivity index (χ1v) is 13.8. The highest BCUT2D eigenvalue weighted by Gasteiger charge is 2.51. The first-order valence-electron chi connectivity index (χ1n) is 13.8. The van der Waals surface area contributed by atoms with Crippen LogP contribution in [0.2, 0.25) is 0 Å². The number of hydrogen-bond acceptors (Lipinski definition) is 2. The van der Waals surface area contributed by atoms with Crippen LogP contribution in [0.4, 0.5) is 10.1 Å². The van der Waals surface area contributed by atoms with E-state index in [1.807, 2.05) is 24.3 Å². The normalized spacial score (nSPS) is 23.4. The van der Waals surface area contributed by atoms with Gasteiger partial charge in [-0.05, 0) is 110 Å². The Balaban J connectivity index is 1.13. The number of rotatable bonds is 9. The molecule has 1 unspecified atom stereocenters. The van der Waals surface area contributed by atoms with Gasteiger partial charge in [0.05, 0.1) is 5.41 Å². The first-order chi connectivity index (χ1) is 18.0. The fraction of sp³-hybridized carbons (Fsp3) is 0.424. The third-order valence-electron chi connectivity index (χ3n) is 9.46. The van der Waals surface area contributed by atoms with Crippen molar-refractivity contribution in [1.82, 2.24) is 0 Å². The van der Waals surface area contributed by atoms with Crippen LogP contribution < -0.4 is 4.90 Å². The third-order valence-corrected chi connectivity index (χ3v) is 9.46. The van der Waals surface area contributed by atoms with Crippen molar-refractivity contribution in [2.75, 3.05) is 18.0 Å². The number of hydrogen-bond donors (Lipinski definition) is 1. The molecule has 0 bridgehead atoms.